The van der Waals surface area contributed by atoms with Gasteiger partial charge in [0.1, 0.15) is 11.5 Å². The van der Waals surface area contributed by atoms with Crippen LogP contribution in [0.3, 0.4) is 0 Å². The second kappa shape index (κ2) is 5.01. The number of para-hydroxylation sites is 1. The third-order valence-corrected chi connectivity index (χ3v) is 2.67. The number of benzene rings is 2. The molecule has 2 N–H and O–H groups in total. The Hall–Kier alpha value is -1.81. The summed E-state index contributed by atoms with van der Waals surface area (Å²) in [5.41, 5.74) is 5.64. The van der Waals surface area contributed by atoms with Crippen LogP contribution < -0.4 is 10.5 Å². The smallest absolute Gasteiger partial charge is 0.252 e. The van der Waals surface area contributed by atoms with E-state index in [0.29, 0.717) is 17.1 Å². The Morgan fingerprint density at radius 3 is 2.59 bits per heavy atom. The number of carbonyl (C=O) groups is 1. The van der Waals surface area contributed by atoms with E-state index < -0.39 is 5.91 Å². The molecule has 0 heterocycles. The molecule has 86 valence electrons. The second-order valence-electron chi connectivity index (χ2n) is 3.42. The molecule has 0 aliphatic carbocycles. The largest absolute Gasteiger partial charge is 0.456 e. The van der Waals surface area contributed by atoms with Gasteiger partial charge in [-0.05, 0) is 30.3 Å². The molecule has 0 fully saturated rings. The van der Waals surface area contributed by atoms with E-state index in [-0.39, 0.29) is 0 Å². The summed E-state index contributed by atoms with van der Waals surface area (Å²) >= 11 is 3.35. The zero-order valence-corrected chi connectivity index (χ0v) is 10.5. The van der Waals surface area contributed by atoms with Gasteiger partial charge < -0.3 is 10.5 Å². The van der Waals surface area contributed by atoms with Crippen LogP contribution in [-0.2, 0) is 0 Å². The summed E-state index contributed by atoms with van der Waals surface area (Å²) in [6, 6.07) is 14.3. The molecule has 0 radical (unpaired) electrons. The maximum atomic E-state index is 11.2. The zero-order chi connectivity index (χ0) is 12.3. The van der Waals surface area contributed by atoms with Crippen LogP contribution in [0.25, 0.3) is 0 Å². The molecule has 17 heavy (non-hydrogen) atoms. The number of nitrogens with two attached hydrogens (primary N) is 1. The highest BCUT2D eigenvalue weighted by Gasteiger charge is 2.08. The number of hydrogen-bond donors (Lipinski definition) is 1. The van der Waals surface area contributed by atoms with Gasteiger partial charge in [0.2, 0.25) is 0 Å². The van der Waals surface area contributed by atoms with Gasteiger partial charge in [-0.1, -0.05) is 34.1 Å². The number of carbonyl (C=O) groups excluding carboxylic acids is 1. The lowest BCUT2D eigenvalue weighted by Gasteiger charge is -2.08. The summed E-state index contributed by atoms with van der Waals surface area (Å²) in [6.07, 6.45) is 0. The molecule has 3 nitrogen and oxygen atoms in total. The standard InChI is InChI=1S/C13H10BrNO2/c14-9-4-3-5-10(8-9)17-12-7-2-1-6-11(12)13(15)16/h1-8H,(H2,15,16). The number of halogens is 1. The SMILES string of the molecule is NC(=O)c1ccccc1Oc1cccc(Br)c1. The first kappa shape index (κ1) is 11.7. The van der Waals surface area contributed by atoms with Crippen LogP contribution >= 0.6 is 15.9 Å². The van der Waals surface area contributed by atoms with Crippen LogP contribution in [0.5, 0.6) is 11.5 Å². The number of ether oxygens (including phenoxy) is 1. The first-order chi connectivity index (χ1) is 8.16. The van der Waals surface area contributed by atoms with Gasteiger partial charge in [-0.3, -0.25) is 4.79 Å². The molecule has 4 heteroatoms. The van der Waals surface area contributed by atoms with E-state index in [1.807, 2.05) is 24.3 Å². The lowest BCUT2D eigenvalue weighted by atomic mass is 10.2. The van der Waals surface area contributed by atoms with E-state index in [2.05, 4.69) is 15.9 Å². The van der Waals surface area contributed by atoms with E-state index >= 15 is 0 Å². The third-order valence-electron chi connectivity index (χ3n) is 2.18. The molecule has 0 saturated heterocycles. The van der Waals surface area contributed by atoms with Crippen molar-refractivity contribution in [2.75, 3.05) is 0 Å². The Labute approximate surface area is 107 Å². The minimum Gasteiger partial charge on any atom is -0.456 e. The van der Waals surface area contributed by atoms with E-state index in [4.69, 9.17) is 10.5 Å². The molecular weight excluding hydrogens is 282 g/mol. The maximum absolute atomic E-state index is 11.2. The van der Waals surface area contributed by atoms with Gasteiger partial charge in [-0.25, -0.2) is 0 Å². The van der Waals surface area contributed by atoms with Gasteiger partial charge in [-0.2, -0.15) is 0 Å². The molecule has 0 aliphatic heterocycles. The summed E-state index contributed by atoms with van der Waals surface area (Å²) < 4.78 is 6.53. The summed E-state index contributed by atoms with van der Waals surface area (Å²) in [4.78, 5) is 11.2. The molecule has 1 amide bonds. The van der Waals surface area contributed by atoms with Crippen molar-refractivity contribution in [1.29, 1.82) is 0 Å². The monoisotopic (exact) mass is 291 g/mol. The number of rotatable bonds is 3. The fourth-order valence-corrected chi connectivity index (χ4v) is 1.79. The zero-order valence-electron chi connectivity index (χ0n) is 8.89. The molecule has 0 unspecified atom stereocenters. The van der Waals surface area contributed by atoms with E-state index in [1.54, 1.807) is 24.3 Å². The summed E-state index contributed by atoms with van der Waals surface area (Å²) in [7, 11) is 0. The highest BCUT2D eigenvalue weighted by atomic mass is 79.9. The Morgan fingerprint density at radius 1 is 1.12 bits per heavy atom. The number of amides is 1. The molecule has 0 bridgehead atoms. The van der Waals surface area contributed by atoms with Crippen LogP contribution in [-0.4, -0.2) is 5.91 Å². The molecule has 0 spiro atoms. The van der Waals surface area contributed by atoms with Crippen molar-refractivity contribution in [2.24, 2.45) is 5.73 Å². The van der Waals surface area contributed by atoms with Gasteiger partial charge >= 0.3 is 0 Å². The lowest BCUT2D eigenvalue weighted by molar-refractivity contribution is 0.0998. The highest BCUT2D eigenvalue weighted by Crippen LogP contribution is 2.26. The molecule has 2 aromatic carbocycles. The Bertz CT molecular complexity index is 555. The molecule has 2 aromatic rings. The van der Waals surface area contributed by atoms with Crippen LogP contribution in [0.2, 0.25) is 0 Å². The van der Waals surface area contributed by atoms with Crippen molar-refractivity contribution in [3.63, 3.8) is 0 Å². The summed E-state index contributed by atoms with van der Waals surface area (Å²) in [5.74, 6) is 0.599. The molecule has 0 aliphatic rings. The minimum absolute atomic E-state index is 0.368. The predicted octanol–water partition coefficient (Wildman–Crippen LogP) is 3.34. The van der Waals surface area contributed by atoms with Crippen molar-refractivity contribution in [1.82, 2.24) is 0 Å². The van der Waals surface area contributed by atoms with Gasteiger partial charge in [-0.15, -0.1) is 0 Å². The maximum Gasteiger partial charge on any atom is 0.252 e. The molecule has 0 atom stereocenters. The quantitative estimate of drug-likeness (QED) is 0.943. The first-order valence-electron chi connectivity index (χ1n) is 4.99. The van der Waals surface area contributed by atoms with E-state index in [0.717, 1.165) is 4.47 Å². The van der Waals surface area contributed by atoms with Crippen LogP contribution in [0.15, 0.2) is 53.0 Å². The highest BCUT2D eigenvalue weighted by molar-refractivity contribution is 9.10. The van der Waals surface area contributed by atoms with Crippen molar-refractivity contribution in [2.45, 2.75) is 0 Å². The van der Waals surface area contributed by atoms with Crippen LogP contribution in [0, 0.1) is 0 Å². The molecule has 0 saturated carbocycles. The second-order valence-corrected chi connectivity index (χ2v) is 4.34. The van der Waals surface area contributed by atoms with Crippen molar-refractivity contribution >= 4 is 21.8 Å². The fraction of sp³-hybridized carbons (Fsp3) is 0. The predicted molar refractivity (Wildman–Crippen MR) is 69.2 cm³/mol. The Morgan fingerprint density at radius 2 is 1.88 bits per heavy atom. The van der Waals surface area contributed by atoms with Gasteiger partial charge in [0.05, 0.1) is 5.56 Å². The average molecular weight is 292 g/mol. The van der Waals surface area contributed by atoms with Gasteiger partial charge in [0.25, 0.3) is 5.91 Å². The summed E-state index contributed by atoms with van der Waals surface area (Å²) in [5, 5.41) is 0. The normalized spacial score (nSPS) is 9.94. The third kappa shape index (κ3) is 2.85. The van der Waals surface area contributed by atoms with Crippen LogP contribution in [0.4, 0.5) is 0 Å². The number of hydrogen-bond acceptors (Lipinski definition) is 2. The molecule has 2 rings (SSSR count). The minimum atomic E-state index is -0.504. The lowest BCUT2D eigenvalue weighted by Crippen LogP contribution is -2.11. The van der Waals surface area contributed by atoms with E-state index in [1.165, 1.54) is 0 Å². The van der Waals surface area contributed by atoms with Crippen molar-refractivity contribution in [3.8, 4) is 11.5 Å². The van der Waals surface area contributed by atoms with Crippen molar-refractivity contribution < 1.29 is 9.53 Å². The first-order valence-corrected chi connectivity index (χ1v) is 5.78. The Balaban J connectivity index is 2.33. The van der Waals surface area contributed by atoms with E-state index in [9.17, 15) is 4.79 Å². The number of primary amides is 1. The van der Waals surface area contributed by atoms with Gasteiger partial charge in [0.15, 0.2) is 0 Å². The molecule has 0 aromatic heterocycles. The summed E-state index contributed by atoms with van der Waals surface area (Å²) in [6.45, 7) is 0. The van der Waals surface area contributed by atoms with Crippen LogP contribution in [0.1, 0.15) is 10.4 Å². The van der Waals surface area contributed by atoms with Gasteiger partial charge in [0, 0.05) is 4.47 Å². The molecular formula is C13H10BrNO2. The van der Waals surface area contributed by atoms with Crippen molar-refractivity contribution in [3.05, 3.63) is 58.6 Å². The Kier molecular flexibility index (Phi) is 3.44. The topological polar surface area (TPSA) is 52.3 Å². The average Bonchev–Trinajstić information content (AvgIpc) is 2.29. The fourth-order valence-electron chi connectivity index (χ4n) is 1.42.